The van der Waals surface area contributed by atoms with Gasteiger partial charge >= 0.3 is 12.1 Å². The van der Waals surface area contributed by atoms with Gasteiger partial charge in [-0.25, -0.2) is 4.79 Å². The summed E-state index contributed by atoms with van der Waals surface area (Å²) in [5, 5.41) is 11.5. The van der Waals surface area contributed by atoms with Gasteiger partial charge < -0.3 is 15.2 Å². The summed E-state index contributed by atoms with van der Waals surface area (Å²) in [4.78, 5) is 31.1. The van der Waals surface area contributed by atoms with Crippen molar-refractivity contribution in [3.8, 4) is 0 Å². The Kier molecular flexibility index (Phi) is 5.62. The zero-order valence-electron chi connectivity index (χ0n) is 12.6. The fraction of sp³-hybridized carbons (Fsp3) is 0.250. The number of hydrogen-bond donors (Lipinski definition) is 2. The molecule has 0 aliphatic heterocycles. The van der Waals surface area contributed by atoms with Gasteiger partial charge in [0.05, 0.1) is 23.9 Å². The number of alkyl carbamates (subject to hydrolysis) is 1. The third kappa shape index (κ3) is 5.06. The van der Waals surface area contributed by atoms with Gasteiger partial charge in [0.25, 0.3) is 0 Å². The first-order valence-electron chi connectivity index (χ1n) is 7.02. The number of ether oxygens (including phenoxy) is 1. The fourth-order valence-corrected chi connectivity index (χ4v) is 2.06. The third-order valence-corrected chi connectivity index (χ3v) is 3.13. The molecule has 1 amide bonds. The number of carboxylic acids is 1. The first-order valence-corrected chi connectivity index (χ1v) is 7.02. The van der Waals surface area contributed by atoms with E-state index in [0.29, 0.717) is 11.4 Å². The maximum Gasteiger partial charge on any atom is 0.408 e. The van der Waals surface area contributed by atoms with Crippen LogP contribution in [0.25, 0.3) is 0 Å². The van der Waals surface area contributed by atoms with E-state index in [9.17, 15) is 9.59 Å². The second-order valence-electron chi connectivity index (χ2n) is 4.88. The number of rotatable bonds is 6. The van der Waals surface area contributed by atoms with Crippen molar-refractivity contribution >= 4 is 12.1 Å². The number of carbonyl (C=O) groups excluding carboxylic acids is 1. The Labute approximate surface area is 133 Å². The number of amides is 1. The molecule has 120 valence electrons. The minimum Gasteiger partial charge on any atom is -0.481 e. The standard InChI is InChI=1S/C16H17N3O4/c1-11-15(18-8-7-17-11)13(9-14(20)21)19-16(22)23-10-12-5-3-2-4-6-12/h2-8,13H,9-10H2,1H3,(H,19,22)(H,20,21). The van der Waals surface area contributed by atoms with E-state index in [2.05, 4.69) is 15.3 Å². The number of benzene rings is 1. The van der Waals surface area contributed by atoms with Crippen LogP contribution in [0.1, 0.15) is 29.4 Å². The number of aromatic nitrogens is 2. The van der Waals surface area contributed by atoms with Crippen molar-refractivity contribution in [2.45, 2.75) is 26.0 Å². The SMILES string of the molecule is Cc1nccnc1C(CC(=O)O)NC(=O)OCc1ccccc1. The molecule has 7 nitrogen and oxygen atoms in total. The van der Waals surface area contributed by atoms with Crippen molar-refractivity contribution in [1.29, 1.82) is 0 Å². The summed E-state index contributed by atoms with van der Waals surface area (Å²) in [6.45, 7) is 1.81. The molecule has 0 bridgehead atoms. The molecule has 1 heterocycles. The molecular formula is C16H17N3O4. The number of hydrogen-bond acceptors (Lipinski definition) is 5. The second-order valence-corrected chi connectivity index (χ2v) is 4.88. The van der Waals surface area contributed by atoms with E-state index >= 15 is 0 Å². The summed E-state index contributed by atoms with van der Waals surface area (Å²) < 4.78 is 5.11. The molecule has 23 heavy (non-hydrogen) atoms. The number of carboxylic acid groups (broad SMARTS) is 1. The van der Waals surface area contributed by atoms with Crippen LogP contribution in [0.5, 0.6) is 0 Å². The number of carbonyl (C=O) groups is 2. The largest absolute Gasteiger partial charge is 0.481 e. The number of nitrogens with zero attached hydrogens (tertiary/aromatic N) is 2. The molecule has 1 atom stereocenters. The van der Waals surface area contributed by atoms with Gasteiger partial charge in [-0.3, -0.25) is 14.8 Å². The maximum atomic E-state index is 11.9. The van der Waals surface area contributed by atoms with Crippen LogP contribution in [0, 0.1) is 6.92 Å². The Morgan fingerprint density at radius 3 is 2.57 bits per heavy atom. The van der Waals surface area contributed by atoms with Gasteiger partial charge in [-0.2, -0.15) is 0 Å². The fourth-order valence-electron chi connectivity index (χ4n) is 2.06. The van der Waals surface area contributed by atoms with Crippen LogP contribution < -0.4 is 5.32 Å². The normalized spacial score (nSPS) is 11.5. The molecule has 0 radical (unpaired) electrons. The van der Waals surface area contributed by atoms with Crippen molar-refractivity contribution in [3.63, 3.8) is 0 Å². The van der Waals surface area contributed by atoms with Crippen LogP contribution in [0.2, 0.25) is 0 Å². The minimum absolute atomic E-state index is 0.103. The Morgan fingerprint density at radius 1 is 1.22 bits per heavy atom. The molecule has 0 spiro atoms. The summed E-state index contributed by atoms with van der Waals surface area (Å²) in [6.07, 6.45) is 1.95. The molecule has 1 aromatic heterocycles. The molecule has 0 saturated carbocycles. The van der Waals surface area contributed by atoms with Gasteiger partial charge in [0.15, 0.2) is 0 Å². The topological polar surface area (TPSA) is 101 Å². The van der Waals surface area contributed by atoms with Gasteiger partial charge in [-0.05, 0) is 12.5 Å². The number of aryl methyl sites for hydroxylation is 1. The quantitative estimate of drug-likeness (QED) is 0.847. The Hall–Kier alpha value is -2.96. The molecule has 2 aromatic rings. The molecule has 7 heteroatoms. The summed E-state index contributed by atoms with van der Waals surface area (Å²) in [5.41, 5.74) is 1.81. The highest BCUT2D eigenvalue weighted by Gasteiger charge is 2.22. The molecular weight excluding hydrogens is 298 g/mol. The van der Waals surface area contributed by atoms with E-state index in [1.165, 1.54) is 12.4 Å². The van der Waals surface area contributed by atoms with Gasteiger partial charge in [0.1, 0.15) is 6.61 Å². The van der Waals surface area contributed by atoms with E-state index in [4.69, 9.17) is 9.84 Å². The monoisotopic (exact) mass is 315 g/mol. The summed E-state index contributed by atoms with van der Waals surface area (Å²) in [6, 6.07) is 8.40. The average molecular weight is 315 g/mol. The highest BCUT2D eigenvalue weighted by atomic mass is 16.5. The van der Waals surface area contributed by atoms with Crippen LogP contribution in [0.3, 0.4) is 0 Å². The van der Waals surface area contributed by atoms with E-state index in [0.717, 1.165) is 5.56 Å². The van der Waals surface area contributed by atoms with Crippen molar-refractivity contribution < 1.29 is 19.4 Å². The first-order chi connectivity index (χ1) is 11.1. The molecule has 0 fully saturated rings. The zero-order chi connectivity index (χ0) is 16.7. The smallest absolute Gasteiger partial charge is 0.408 e. The molecule has 1 unspecified atom stereocenters. The van der Waals surface area contributed by atoms with Crippen LogP contribution in [0.15, 0.2) is 42.7 Å². The Balaban J connectivity index is 2.01. The van der Waals surface area contributed by atoms with E-state index in [1.54, 1.807) is 6.92 Å². The van der Waals surface area contributed by atoms with Gasteiger partial charge in [0.2, 0.25) is 0 Å². The lowest BCUT2D eigenvalue weighted by Crippen LogP contribution is -2.31. The van der Waals surface area contributed by atoms with Crippen LogP contribution in [0.4, 0.5) is 4.79 Å². The van der Waals surface area contributed by atoms with Crippen molar-refractivity contribution in [1.82, 2.24) is 15.3 Å². The molecule has 0 aliphatic carbocycles. The molecule has 1 aromatic carbocycles. The Morgan fingerprint density at radius 2 is 1.91 bits per heavy atom. The van der Waals surface area contributed by atoms with E-state index in [1.807, 2.05) is 30.3 Å². The second kappa shape index (κ2) is 7.88. The highest BCUT2D eigenvalue weighted by Crippen LogP contribution is 2.17. The number of aliphatic carboxylic acids is 1. The predicted octanol–water partition coefficient (Wildman–Crippen LogP) is 2.23. The first kappa shape index (κ1) is 16.4. The summed E-state index contributed by atoms with van der Waals surface area (Å²) >= 11 is 0. The lowest BCUT2D eigenvalue weighted by molar-refractivity contribution is -0.137. The average Bonchev–Trinajstić information content (AvgIpc) is 2.53. The summed E-state index contributed by atoms with van der Waals surface area (Å²) in [7, 11) is 0. The lowest BCUT2D eigenvalue weighted by Gasteiger charge is -2.17. The van der Waals surface area contributed by atoms with Gasteiger partial charge in [-0.1, -0.05) is 30.3 Å². The van der Waals surface area contributed by atoms with Crippen LogP contribution in [-0.2, 0) is 16.1 Å². The van der Waals surface area contributed by atoms with E-state index in [-0.39, 0.29) is 13.0 Å². The zero-order valence-corrected chi connectivity index (χ0v) is 12.6. The van der Waals surface area contributed by atoms with Gasteiger partial charge in [-0.15, -0.1) is 0 Å². The third-order valence-electron chi connectivity index (χ3n) is 3.13. The van der Waals surface area contributed by atoms with Gasteiger partial charge in [0, 0.05) is 12.4 Å². The molecule has 0 saturated heterocycles. The molecule has 0 aliphatic rings. The van der Waals surface area contributed by atoms with Crippen molar-refractivity contribution in [3.05, 3.63) is 59.7 Å². The van der Waals surface area contributed by atoms with Crippen molar-refractivity contribution in [2.24, 2.45) is 0 Å². The Bertz CT molecular complexity index is 676. The van der Waals surface area contributed by atoms with Crippen LogP contribution >= 0.6 is 0 Å². The molecule has 2 rings (SSSR count). The molecule has 2 N–H and O–H groups in total. The van der Waals surface area contributed by atoms with E-state index < -0.39 is 18.1 Å². The maximum absolute atomic E-state index is 11.9. The van der Waals surface area contributed by atoms with Crippen LogP contribution in [-0.4, -0.2) is 27.1 Å². The predicted molar refractivity (Wildman–Crippen MR) is 81.5 cm³/mol. The summed E-state index contributed by atoms with van der Waals surface area (Å²) in [5.74, 6) is -1.05. The lowest BCUT2D eigenvalue weighted by atomic mass is 10.1. The highest BCUT2D eigenvalue weighted by molar-refractivity contribution is 5.71. The minimum atomic E-state index is -1.05. The van der Waals surface area contributed by atoms with Crippen molar-refractivity contribution in [2.75, 3.05) is 0 Å². The number of nitrogens with one attached hydrogen (secondary N) is 1.